The number of nitrogens with one attached hydrogen (secondary N) is 1. The van der Waals surface area contributed by atoms with Crippen molar-refractivity contribution in [2.24, 2.45) is 0 Å². The van der Waals surface area contributed by atoms with Gasteiger partial charge < -0.3 is 10.2 Å². The molecule has 0 spiro atoms. The van der Waals surface area contributed by atoms with E-state index in [-0.39, 0.29) is 11.9 Å². The van der Waals surface area contributed by atoms with E-state index >= 15 is 0 Å². The number of piperazine rings is 1. The molecule has 0 aromatic heterocycles. The normalized spacial score (nSPS) is 22.9. The summed E-state index contributed by atoms with van der Waals surface area (Å²) in [6.45, 7) is 5.37. The molecule has 1 N–H and O–H groups in total. The van der Waals surface area contributed by atoms with Crippen molar-refractivity contribution in [3.05, 3.63) is 47.5 Å². The zero-order chi connectivity index (χ0) is 16.1. The molecule has 1 aromatic carbocycles. The zero-order valence-corrected chi connectivity index (χ0v) is 14.0. The van der Waals surface area contributed by atoms with E-state index in [4.69, 9.17) is 0 Å². The van der Waals surface area contributed by atoms with Crippen molar-refractivity contribution in [1.29, 1.82) is 0 Å². The summed E-state index contributed by atoms with van der Waals surface area (Å²) in [5.41, 5.74) is 2.01. The van der Waals surface area contributed by atoms with Crippen molar-refractivity contribution in [3.8, 4) is 0 Å². The number of rotatable bonds is 4. The predicted octanol–water partition coefficient (Wildman–Crippen LogP) is 2.27. The second kappa shape index (κ2) is 7.75. The third kappa shape index (κ3) is 4.66. The molecule has 4 nitrogen and oxygen atoms in total. The minimum Gasteiger partial charge on any atom is -0.349 e. The van der Waals surface area contributed by atoms with Crippen LogP contribution in [0.4, 0.5) is 0 Å². The third-order valence-corrected chi connectivity index (χ3v) is 4.80. The van der Waals surface area contributed by atoms with Gasteiger partial charge in [0.2, 0.25) is 0 Å². The SMILES string of the molecule is CN1CCN(Cc2cccc(C(=O)N[C@H]3CC=CCC3)c2)CC1. The van der Waals surface area contributed by atoms with Gasteiger partial charge in [0.25, 0.3) is 5.91 Å². The van der Waals surface area contributed by atoms with Crippen molar-refractivity contribution >= 4 is 5.91 Å². The summed E-state index contributed by atoms with van der Waals surface area (Å²) in [7, 11) is 2.17. The fraction of sp³-hybridized carbons (Fsp3) is 0.526. The highest BCUT2D eigenvalue weighted by atomic mass is 16.1. The van der Waals surface area contributed by atoms with E-state index in [0.29, 0.717) is 0 Å². The lowest BCUT2D eigenvalue weighted by Crippen LogP contribution is -2.43. The highest BCUT2D eigenvalue weighted by molar-refractivity contribution is 5.94. The molecule has 0 unspecified atom stereocenters. The van der Waals surface area contributed by atoms with Crippen molar-refractivity contribution < 1.29 is 4.79 Å². The number of likely N-dealkylation sites (N-methyl/N-ethyl adjacent to an activating group) is 1. The first-order valence-electron chi connectivity index (χ1n) is 8.66. The molecule has 1 saturated heterocycles. The highest BCUT2D eigenvalue weighted by Crippen LogP contribution is 2.13. The summed E-state index contributed by atoms with van der Waals surface area (Å²) in [6, 6.07) is 8.38. The Hall–Kier alpha value is -1.65. The van der Waals surface area contributed by atoms with Gasteiger partial charge in [-0.3, -0.25) is 9.69 Å². The maximum atomic E-state index is 12.4. The number of nitrogens with zero attached hydrogens (tertiary/aromatic N) is 2. The first kappa shape index (κ1) is 16.2. The number of amides is 1. The first-order chi connectivity index (χ1) is 11.2. The van der Waals surface area contributed by atoms with Crippen LogP contribution in [0.1, 0.15) is 35.2 Å². The maximum absolute atomic E-state index is 12.4. The van der Waals surface area contributed by atoms with Gasteiger partial charge in [0.15, 0.2) is 0 Å². The van der Waals surface area contributed by atoms with Crippen LogP contribution in [0.2, 0.25) is 0 Å². The van der Waals surface area contributed by atoms with Crippen LogP contribution in [-0.4, -0.2) is 55.0 Å². The number of hydrogen-bond donors (Lipinski definition) is 1. The largest absolute Gasteiger partial charge is 0.349 e. The van der Waals surface area contributed by atoms with Gasteiger partial charge >= 0.3 is 0 Å². The van der Waals surface area contributed by atoms with Crippen LogP contribution in [-0.2, 0) is 6.54 Å². The van der Waals surface area contributed by atoms with Crippen molar-refractivity contribution in [3.63, 3.8) is 0 Å². The Labute approximate surface area is 139 Å². The number of allylic oxidation sites excluding steroid dienone is 1. The van der Waals surface area contributed by atoms with Gasteiger partial charge in [0, 0.05) is 44.3 Å². The van der Waals surface area contributed by atoms with E-state index in [0.717, 1.165) is 57.5 Å². The molecule has 23 heavy (non-hydrogen) atoms. The van der Waals surface area contributed by atoms with Crippen LogP contribution < -0.4 is 5.32 Å². The molecule has 4 heteroatoms. The van der Waals surface area contributed by atoms with Crippen LogP contribution in [0.3, 0.4) is 0 Å². The maximum Gasteiger partial charge on any atom is 0.251 e. The summed E-state index contributed by atoms with van der Waals surface area (Å²) < 4.78 is 0. The number of hydrogen-bond acceptors (Lipinski definition) is 3. The molecule has 1 aliphatic carbocycles. The van der Waals surface area contributed by atoms with E-state index < -0.39 is 0 Å². The molecule has 0 bridgehead atoms. The van der Waals surface area contributed by atoms with Crippen LogP contribution >= 0.6 is 0 Å². The van der Waals surface area contributed by atoms with Crippen molar-refractivity contribution in [1.82, 2.24) is 15.1 Å². The molecule has 1 heterocycles. The summed E-state index contributed by atoms with van der Waals surface area (Å²) in [5.74, 6) is 0.0607. The molecule has 2 aliphatic rings. The van der Waals surface area contributed by atoms with Gasteiger partial charge in [-0.1, -0.05) is 24.3 Å². The molecule has 1 amide bonds. The van der Waals surface area contributed by atoms with Gasteiger partial charge in [-0.2, -0.15) is 0 Å². The predicted molar refractivity (Wildman–Crippen MR) is 93.5 cm³/mol. The Morgan fingerprint density at radius 3 is 2.78 bits per heavy atom. The molecule has 124 valence electrons. The molecule has 0 saturated carbocycles. The van der Waals surface area contributed by atoms with E-state index in [9.17, 15) is 4.79 Å². The van der Waals surface area contributed by atoms with Crippen molar-refractivity contribution in [2.75, 3.05) is 33.2 Å². The second-order valence-corrected chi connectivity index (χ2v) is 6.73. The van der Waals surface area contributed by atoms with Crippen LogP contribution in [0.25, 0.3) is 0 Å². The van der Waals surface area contributed by atoms with Crippen LogP contribution in [0.15, 0.2) is 36.4 Å². The monoisotopic (exact) mass is 313 g/mol. The Morgan fingerprint density at radius 2 is 2.04 bits per heavy atom. The number of benzene rings is 1. The average Bonchev–Trinajstić information content (AvgIpc) is 2.58. The quantitative estimate of drug-likeness (QED) is 0.866. The fourth-order valence-electron chi connectivity index (χ4n) is 3.27. The second-order valence-electron chi connectivity index (χ2n) is 6.73. The first-order valence-corrected chi connectivity index (χ1v) is 8.66. The lowest BCUT2D eigenvalue weighted by atomic mass is 10.0. The molecule has 3 rings (SSSR count). The minimum atomic E-state index is 0.0607. The number of carbonyl (C=O) groups is 1. The minimum absolute atomic E-state index is 0.0607. The van der Waals surface area contributed by atoms with E-state index in [1.807, 2.05) is 18.2 Å². The topological polar surface area (TPSA) is 35.6 Å². The van der Waals surface area contributed by atoms with Gasteiger partial charge in [0.05, 0.1) is 0 Å². The molecule has 0 radical (unpaired) electrons. The van der Waals surface area contributed by atoms with Gasteiger partial charge in [0.1, 0.15) is 0 Å². The summed E-state index contributed by atoms with van der Waals surface area (Å²) in [6.07, 6.45) is 7.42. The Kier molecular flexibility index (Phi) is 5.47. The van der Waals surface area contributed by atoms with E-state index in [2.05, 4.69) is 40.4 Å². The molecular weight excluding hydrogens is 286 g/mol. The van der Waals surface area contributed by atoms with Gasteiger partial charge in [-0.15, -0.1) is 0 Å². The Morgan fingerprint density at radius 1 is 1.22 bits per heavy atom. The van der Waals surface area contributed by atoms with Gasteiger partial charge in [-0.25, -0.2) is 0 Å². The average molecular weight is 313 g/mol. The molecule has 1 atom stereocenters. The van der Waals surface area contributed by atoms with Gasteiger partial charge in [-0.05, 0) is 44.0 Å². The summed E-state index contributed by atoms with van der Waals surface area (Å²) >= 11 is 0. The summed E-state index contributed by atoms with van der Waals surface area (Å²) in [5, 5.41) is 3.16. The highest BCUT2D eigenvalue weighted by Gasteiger charge is 2.16. The van der Waals surface area contributed by atoms with E-state index in [1.54, 1.807) is 0 Å². The molecule has 1 aromatic rings. The molecule has 1 aliphatic heterocycles. The van der Waals surface area contributed by atoms with Crippen LogP contribution in [0.5, 0.6) is 0 Å². The lowest BCUT2D eigenvalue weighted by Gasteiger charge is -2.32. The van der Waals surface area contributed by atoms with E-state index in [1.165, 1.54) is 5.56 Å². The molecule has 1 fully saturated rings. The zero-order valence-electron chi connectivity index (χ0n) is 14.0. The Bertz CT molecular complexity index is 561. The Balaban J connectivity index is 1.58. The fourth-order valence-corrected chi connectivity index (χ4v) is 3.27. The van der Waals surface area contributed by atoms with Crippen LogP contribution in [0, 0.1) is 0 Å². The van der Waals surface area contributed by atoms with Crippen molar-refractivity contribution in [2.45, 2.75) is 31.8 Å². The molecular formula is C19H27N3O. The lowest BCUT2D eigenvalue weighted by molar-refractivity contribution is 0.0934. The standard InChI is InChI=1S/C19H27N3O/c1-21-10-12-22(13-11-21)15-16-6-5-7-17(14-16)19(23)20-18-8-3-2-4-9-18/h2-3,5-7,14,18H,4,8-13,15H2,1H3,(H,20,23)/t18-/m0/s1. The number of carbonyl (C=O) groups excluding carboxylic acids is 1. The smallest absolute Gasteiger partial charge is 0.251 e. The third-order valence-electron chi connectivity index (χ3n) is 4.80. The summed E-state index contributed by atoms with van der Waals surface area (Å²) in [4.78, 5) is 17.3.